The topological polar surface area (TPSA) is 49.4 Å². The Morgan fingerprint density at radius 3 is 2.56 bits per heavy atom. The van der Waals surface area contributed by atoms with Crippen LogP contribution in [0.1, 0.15) is 36.0 Å². The molecule has 2 fully saturated rings. The third-order valence-electron chi connectivity index (χ3n) is 5.72. The van der Waals surface area contributed by atoms with E-state index in [0.717, 1.165) is 66.5 Å². The van der Waals surface area contributed by atoms with Gasteiger partial charge in [0, 0.05) is 47.0 Å². The number of hydrogen-bond acceptors (Lipinski definition) is 4. The Kier molecular flexibility index (Phi) is 4.86. The second-order valence-corrected chi connectivity index (χ2v) is 8.12. The average Bonchev–Trinajstić information content (AvgIpc) is 3.22. The Hall–Kier alpha value is -1.72. The van der Waals surface area contributed by atoms with E-state index in [-0.39, 0.29) is 11.7 Å². The molecule has 2 aliphatic heterocycles. The highest BCUT2D eigenvalue weighted by Gasteiger charge is 2.31. The molecular formula is C20H24N2O2S. The number of benzene rings is 1. The molecule has 2 aliphatic rings. The number of nitrogens with zero attached hydrogens (tertiary/aromatic N) is 1. The molecule has 132 valence electrons. The van der Waals surface area contributed by atoms with Gasteiger partial charge in [-0.05, 0) is 43.8 Å². The normalized spacial score (nSPS) is 23.4. The molecule has 0 saturated carbocycles. The lowest BCUT2D eigenvalue weighted by Gasteiger charge is -2.20. The van der Waals surface area contributed by atoms with Crippen molar-refractivity contribution in [1.82, 2.24) is 10.2 Å². The number of nitrogens with one attached hydrogen (secondary N) is 1. The molecule has 1 N–H and O–H groups in total. The van der Waals surface area contributed by atoms with Crippen molar-refractivity contribution in [2.75, 3.05) is 26.2 Å². The molecule has 2 atom stereocenters. The van der Waals surface area contributed by atoms with Gasteiger partial charge in [0.2, 0.25) is 5.91 Å². The fourth-order valence-corrected chi connectivity index (χ4v) is 5.14. The molecule has 1 aromatic carbocycles. The van der Waals surface area contributed by atoms with Crippen molar-refractivity contribution in [3.63, 3.8) is 0 Å². The summed E-state index contributed by atoms with van der Waals surface area (Å²) in [6.07, 6.45) is 2.82. The summed E-state index contributed by atoms with van der Waals surface area (Å²) in [7, 11) is 0. The minimum absolute atomic E-state index is 0.0849. The summed E-state index contributed by atoms with van der Waals surface area (Å²) in [6, 6.07) is 7.97. The number of amides is 1. The molecule has 5 heteroatoms. The van der Waals surface area contributed by atoms with Gasteiger partial charge in [-0.3, -0.25) is 9.59 Å². The molecule has 1 aromatic heterocycles. The molecule has 25 heavy (non-hydrogen) atoms. The average molecular weight is 356 g/mol. The lowest BCUT2D eigenvalue weighted by Crippen LogP contribution is -2.32. The van der Waals surface area contributed by atoms with Crippen LogP contribution in [0.3, 0.4) is 0 Å². The highest BCUT2D eigenvalue weighted by molar-refractivity contribution is 7.17. The minimum Gasteiger partial charge on any atom is -0.343 e. The summed E-state index contributed by atoms with van der Waals surface area (Å²) in [6.45, 7) is 3.88. The molecule has 1 amide bonds. The second-order valence-electron chi connectivity index (χ2n) is 7.21. The summed E-state index contributed by atoms with van der Waals surface area (Å²) < 4.78 is 1.13. The van der Waals surface area contributed by atoms with Gasteiger partial charge in [0.05, 0.1) is 0 Å². The number of hydrogen-bond donors (Lipinski definition) is 1. The predicted octanol–water partition coefficient (Wildman–Crippen LogP) is 3.32. The quantitative estimate of drug-likeness (QED) is 0.855. The molecular weight excluding hydrogens is 332 g/mol. The Morgan fingerprint density at radius 2 is 1.80 bits per heavy atom. The van der Waals surface area contributed by atoms with Crippen LogP contribution in [0, 0.1) is 11.8 Å². The van der Waals surface area contributed by atoms with Gasteiger partial charge in [0.15, 0.2) is 5.78 Å². The summed E-state index contributed by atoms with van der Waals surface area (Å²) in [5.41, 5.74) is 0.768. The van der Waals surface area contributed by atoms with Crippen molar-refractivity contribution in [3.05, 3.63) is 35.2 Å². The zero-order valence-corrected chi connectivity index (χ0v) is 15.2. The number of Topliss-reactive ketones (excluding diaryl/α,β-unsaturated/α-hetero) is 1. The van der Waals surface area contributed by atoms with Gasteiger partial charge in [-0.15, -0.1) is 11.3 Å². The van der Waals surface area contributed by atoms with Crippen LogP contribution in [0.4, 0.5) is 0 Å². The van der Waals surface area contributed by atoms with Crippen molar-refractivity contribution in [1.29, 1.82) is 0 Å². The zero-order chi connectivity index (χ0) is 17.2. The summed E-state index contributed by atoms with van der Waals surface area (Å²) in [4.78, 5) is 27.1. The minimum atomic E-state index is 0.0849. The SMILES string of the molecule is O=C(CCC(=O)N1CC[C@@H]2CNC[C@@H]2CC1)c1csc2ccccc12. The van der Waals surface area contributed by atoms with E-state index >= 15 is 0 Å². The van der Waals surface area contributed by atoms with Crippen LogP contribution in [0.2, 0.25) is 0 Å². The standard InChI is InChI=1S/C20H24N2O2S/c23-18(17-13-25-19-4-2-1-3-16(17)19)5-6-20(24)22-9-7-14-11-21-12-15(14)8-10-22/h1-4,13-15,21H,5-12H2/t14-,15+. The van der Waals surface area contributed by atoms with Gasteiger partial charge in [0.1, 0.15) is 0 Å². The highest BCUT2D eigenvalue weighted by atomic mass is 32.1. The first-order chi connectivity index (χ1) is 12.2. The van der Waals surface area contributed by atoms with Crippen molar-refractivity contribution < 1.29 is 9.59 Å². The summed E-state index contributed by atoms with van der Waals surface area (Å²) in [5.74, 6) is 1.66. The van der Waals surface area contributed by atoms with E-state index in [4.69, 9.17) is 0 Å². The first-order valence-electron chi connectivity index (χ1n) is 9.20. The maximum Gasteiger partial charge on any atom is 0.223 e. The van der Waals surface area contributed by atoms with Crippen LogP contribution in [0.15, 0.2) is 29.6 Å². The van der Waals surface area contributed by atoms with Crippen molar-refractivity contribution in [2.45, 2.75) is 25.7 Å². The molecule has 2 saturated heterocycles. The third-order valence-corrected chi connectivity index (χ3v) is 6.68. The summed E-state index contributed by atoms with van der Waals surface area (Å²) in [5, 5.41) is 6.40. The van der Waals surface area contributed by atoms with E-state index in [9.17, 15) is 9.59 Å². The number of fused-ring (bicyclic) bond motifs is 2. The number of carbonyl (C=O) groups excluding carboxylic acids is 2. The maximum atomic E-state index is 12.6. The number of carbonyl (C=O) groups is 2. The van der Waals surface area contributed by atoms with Gasteiger partial charge < -0.3 is 10.2 Å². The number of likely N-dealkylation sites (tertiary alicyclic amines) is 1. The van der Waals surface area contributed by atoms with Crippen LogP contribution in [0.25, 0.3) is 10.1 Å². The Labute approximate surface area is 152 Å². The molecule has 0 radical (unpaired) electrons. The Bertz CT molecular complexity index is 771. The predicted molar refractivity (Wildman–Crippen MR) is 101 cm³/mol. The molecule has 0 bridgehead atoms. The summed E-state index contributed by atoms with van der Waals surface area (Å²) >= 11 is 1.59. The zero-order valence-electron chi connectivity index (χ0n) is 14.4. The van der Waals surface area contributed by atoms with Crippen LogP contribution in [-0.4, -0.2) is 42.8 Å². The van der Waals surface area contributed by atoms with E-state index in [1.54, 1.807) is 11.3 Å². The van der Waals surface area contributed by atoms with Gasteiger partial charge >= 0.3 is 0 Å². The van der Waals surface area contributed by atoms with Gasteiger partial charge in [-0.25, -0.2) is 0 Å². The first-order valence-corrected chi connectivity index (χ1v) is 10.1. The molecule has 0 aliphatic carbocycles. The Morgan fingerprint density at radius 1 is 1.08 bits per heavy atom. The molecule has 3 heterocycles. The van der Waals surface area contributed by atoms with Crippen LogP contribution in [0.5, 0.6) is 0 Å². The van der Waals surface area contributed by atoms with Gasteiger partial charge in [-0.1, -0.05) is 18.2 Å². The number of rotatable bonds is 4. The van der Waals surface area contributed by atoms with E-state index in [1.165, 1.54) is 0 Å². The smallest absolute Gasteiger partial charge is 0.223 e. The van der Waals surface area contributed by atoms with Crippen LogP contribution >= 0.6 is 11.3 Å². The van der Waals surface area contributed by atoms with E-state index in [2.05, 4.69) is 5.32 Å². The number of thiophene rings is 1. The molecule has 4 rings (SSSR count). The lowest BCUT2D eigenvalue weighted by molar-refractivity contribution is -0.131. The highest BCUT2D eigenvalue weighted by Crippen LogP contribution is 2.28. The van der Waals surface area contributed by atoms with Crippen molar-refractivity contribution >= 4 is 33.1 Å². The monoisotopic (exact) mass is 356 g/mol. The molecule has 0 unspecified atom stereocenters. The van der Waals surface area contributed by atoms with Gasteiger partial charge in [-0.2, -0.15) is 0 Å². The largest absolute Gasteiger partial charge is 0.343 e. The fourth-order valence-electron chi connectivity index (χ4n) is 4.17. The molecule has 0 spiro atoms. The van der Waals surface area contributed by atoms with Crippen molar-refractivity contribution in [2.24, 2.45) is 11.8 Å². The second kappa shape index (κ2) is 7.26. The maximum absolute atomic E-state index is 12.6. The van der Waals surface area contributed by atoms with E-state index < -0.39 is 0 Å². The van der Waals surface area contributed by atoms with Gasteiger partial charge in [0.25, 0.3) is 0 Å². The Balaban J connectivity index is 1.34. The first kappa shape index (κ1) is 16.7. The third kappa shape index (κ3) is 3.48. The van der Waals surface area contributed by atoms with Crippen LogP contribution < -0.4 is 5.32 Å². The lowest BCUT2D eigenvalue weighted by atomic mass is 9.92. The van der Waals surface area contributed by atoms with Crippen molar-refractivity contribution in [3.8, 4) is 0 Å². The molecule has 4 nitrogen and oxygen atoms in total. The fraction of sp³-hybridized carbons (Fsp3) is 0.500. The van der Waals surface area contributed by atoms with Crippen LogP contribution in [-0.2, 0) is 4.79 Å². The van der Waals surface area contributed by atoms with E-state index in [0.29, 0.717) is 12.8 Å². The molecule has 2 aromatic rings. The van der Waals surface area contributed by atoms with E-state index in [1.807, 2.05) is 34.5 Å². The number of ketones is 1.